The van der Waals surface area contributed by atoms with Crippen molar-refractivity contribution in [3.63, 3.8) is 0 Å². The zero-order valence-corrected chi connectivity index (χ0v) is 17.8. The molecule has 1 fully saturated rings. The number of aromatic nitrogens is 1. The minimum atomic E-state index is -0.427. The molecule has 6 nitrogen and oxygen atoms in total. The van der Waals surface area contributed by atoms with Crippen LogP contribution in [-0.4, -0.2) is 40.7 Å². The van der Waals surface area contributed by atoms with Crippen molar-refractivity contribution in [3.8, 4) is 0 Å². The van der Waals surface area contributed by atoms with E-state index in [9.17, 15) is 14.4 Å². The molecule has 4 rings (SSSR count). The summed E-state index contributed by atoms with van der Waals surface area (Å²) in [7, 11) is 0. The van der Waals surface area contributed by atoms with Gasteiger partial charge in [-0.3, -0.25) is 19.3 Å². The molecule has 1 aliphatic carbocycles. The fourth-order valence-electron chi connectivity index (χ4n) is 4.66. The van der Waals surface area contributed by atoms with Crippen LogP contribution in [0.3, 0.4) is 0 Å². The number of fused-ring (bicyclic) bond motifs is 1. The van der Waals surface area contributed by atoms with E-state index in [1.807, 2.05) is 32.0 Å². The minimum absolute atomic E-state index is 0.0183. The van der Waals surface area contributed by atoms with Gasteiger partial charge in [0.05, 0.1) is 0 Å². The third kappa shape index (κ3) is 4.10. The zero-order valence-electron chi connectivity index (χ0n) is 17.8. The lowest BCUT2D eigenvalue weighted by Crippen LogP contribution is -2.40. The first-order chi connectivity index (χ1) is 14.2. The van der Waals surface area contributed by atoms with Crippen LogP contribution in [0.15, 0.2) is 41.2 Å². The van der Waals surface area contributed by atoms with E-state index in [1.165, 1.54) is 11.6 Å². The number of benzene rings is 1. The van der Waals surface area contributed by atoms with Gasteiger partial charge in [0.2, 0.25) is 0 Å². The number of H-pyrrole nitrogens is 1. The van der Waals surface area contributed by atoms with Crippen molar-refractivity contribution < 1.29 is 9.59 Å². The Labute approximate surface area is 176 Å². The number of nitrogens with one attached hydrogen (secondary N) is 2. The number of hydrogen-bond donors (Lipinski definition) is 2. The van der Waals surface area contributed by atoms with Crippen molar-refractivity contribution in [1.29, 1.82) is 0 Å². The first-order valence-corrected chi connectivity index (χ1v) is 10.6. The molecule has 0 bridgehead atoms. The maximum Gasteiger partial charge on any atom is 0.261 e. The summed E-state index contributed by atoms with van der Waals surface area (Å²) >= 11 is 0. The molecule has 2 aliphatic rings. The van der Waals surface area contributed by atoms with Crippen LogP contribution in [0.5, 0.6) is 0 Å². The number of nitrogens with zero attached hydrogens (tertiary/aromatic N) is 1. The predicted molar refractivity (Wildman–Crippen MR) is 116 cm³/mol. The van der Waals surface area contributed by atoms with Gasteiger partial charge in [-0.2, -0.15) is 0 Å². The SMILES string of the molecule is CC(c1ccccc1)N1CCC(NC(=O)c2cc3c([nH]c2=O)CC(C)(C)CC3=O)C1. The van der Waals surface area contributed by atoms with E-state index < -0.39 is 11.5 Å². The monoisotopic (exact) mass is 407 g/mol. The fourth-order valence-corrected chi connectivity index (χ4v) is 4.66. The molecule has 6 heteroatoms. The lowest BCUT2D eigenvalue weighted by molar-refractivity contribution is 0.0910. The summed E-state index contributed by atoms with van der Waals surface area (Å²) in [6, 6.07) is 12.0. The molecule has 1 aromatic carbocycles. The van der Waals surface area contributed by atoms with E-state index >= 15 is 0 Å². The Kier molecular flexibility index (Phi) is 5.36. The highest BCUT2D eigenvalue weighted by atomic mass is 16.2. The molecule has 30 heavy (non-hydrogen) atoms. The predicted octanol–water partition coefficient (Wildman–Crippen LogP) is 3.10. The zero-order chi connectivity index (χ0) is 21.5. The first-order valence-electron chi connectivity index (χ1n) is 10.6. The number of rotatable bonds is 4. The molecule has 1 aromatic heterocycles. The number of hydrogen-bond acceptors (Lipinski definition) is 4. The van der Waals surface area contributed by atoms with Crippen LogP contribution in [0, 0.1) is 5.41 Å². The van der Waals surface area contributed by atoms with Gasteiger partial charge in [-0.15, -0.1) is 0 Å². The van der Waals surface area contributed by atoms with Gasteiger partial charge in [-0.05, 0) is 36.8 Å². The van der Waals surface area contributed by atoms with Crippen LogP contribution in [0.4, 0.5) is 0 Å². The highest BCUT2D eigenvalue weighted by Gasteiger charge is 2.33. The summed E-state index contributed by atoms with van der Waals surface area (Å²) < 4.78 is 0. The molecular weight excluding hydrogens is 378 g/mol. The Balaban J connectivity index is 1.46. The van der Waals surface area contributed by atoms with Gasteiger partial charge in [0.25, 0.3) is 11.5 Å². The largest absolute Gasteiger partial charge is 0.348 e. The van der Waals surface area contributed by atoms with Gasteiger partial charge in [0, 0.05) is 42.9 Å². The van der Waals surface area contributed by atoms with Crippen molar-refractivity contribution in [2.24, 2.45) is 5.41 Å². The quantitative estimate of drug-likeness (QED) is 0.816. The molecule has 158 valence electrons. The van der Waals surface area contributed by atoms with E-state index in [2.05, 4.69) is 34.3 Å². The van der Waals surface area contributed by atoms with Crippen molar-refractivity contribution in [3.05, 3.63) is 69.1 Å². The van der Waals surface area contributed by atoms with Gasteiger partial charge in [0.15, 0.2) is 5.78 Å². The second-order valence-electron chi connectivity index (χ2n) is 9.39. The summed E-state index contributed by atoms with van der Waals surface area (Å²) in [6.07, 6.45) is 1.88. The van der Waals surface area contributed by atoms with Crippen LogP contribution in [0.25, 0.3) is 0 Å². The highest BCUT2D eigenvalue weighted by Crippen LogP contribution is 2.33. The molecule has 0 spiro atoms. The van der Waals surface area contributed by atoms with Crippen LogP contribution < -0.4 is 10.9 Å². The Morgan fingerprint density at radius 1 is 1.20 bits per heavy atom. The average molecular weight is 408 g/mol. The van der Waals surface area contributed by atoms with Gasteiger partial charge < -0.3 is 10.3 Å². The lowest BCUT2D eigenvalue weighted by atomic mass is 9.75. The third-order valence-corrected chi connectivity index (χ3v) is 6.35. The van der Waals surface area contributed by atoms with E-state index in [1.54, 1.807) is 0 Å². The number of ketones is 1. The number of Topliss-reactive ketones (excluding diaryl/α,β-unsaturated/α-hetero) is 1. The van der Waals surface area contributed by atoms with Crippen molar-refractivity contribution in [2.75, 3.05) is 13.1 Å². The van der Waals surface area contributed by atoms with Crippen molar-refractivity contribution >= 4 is 11.7 Å². The number of aromatic amines is 1. The molecule has 2 atom stereocenters. The van der Waals surface area contributed by atoms with E-state index in [4.69, 9.17) is 0 Å². The molecule has 2 unspecified atom stereocenters. The maximum absolute atomic E-state index is 12.8. The molecule has 2 N–H and O–H groups in total. The molecule has 2 aromatic rings. The standard InChI is InChI=1S/C24H29N3O3/c1-15(16-7-5-4-6-8-16)27-10-9-17(14-27)25-22(29)19-11-18-20(26-23(19)30)12-24(2,3)13-21(18)28/h4-8,11,15,17H,9-10,12-14H2,1-3H3,(H,25,29)(H,26,30). The Morgan fingerprint density at radius 3 is 2.67 bits per heavy atom. The summed E-state index contributed by atoms with van der Waals surface area (Å²) in [4.78, 5) is 43.0. The molecule has 2 heterocycles. The van der Waals surface area contributed by atoms with Crippen molar-refractivity contribution in [1.82, 2.24) is 15.2 Å². The molecular formula is C24H29N3O3. The number of likely N-dealkylation sites (tertiary alicyclic amines) is 1. The smallest absolute Gasteiger partial charge is 0.261 e. The summed E-state index contributed by atoms with van der Waals surface area (Å²) in [5, 5.41) is 3.00. The average Bonchev–Trinajstić information content (AvgIpc) is 3.15. The first kappa shape index (κ1) is 20.5. The lowest BCUT2D eigenvalue weighted by Gasteiger charge is -2.29. The van der Waals surface area contributed by atoms with Gasteiger partial charge >= 0.3 is 0 Å². The number of carbonyl (C=O) groups excluding carboxylic acids is 2. The summed E-state index contributed by atoms with van der Waals surface area (Å²) in [5.41, 5.74) is 1.78. The Bertz CT molecular complexity index is 1030. The second-order valence-corrected chi connectivity index (χ2v) is 9.39. The Hall–Kier alpha value is -2.73. The molecule has 1 aliphatic heterocycles. The topological polar surface area (TPSA) is 82.3 Å². The number of amides is 1. The molecule has 1 saturated heterocycles. The van der Waals surface area contributed by atoms with E-state index in [0.29, 0.717) is 24.1 Å². The normalized spacial score (nSPS) is 21.8. The van der Waals surface area contributed by atoms with Crippen LogP contribution in [-0.2, 0) is 6.42 Å². The van der Waals surface area contributed by atoms with Crippen LogP contribution in [0.1, 0.15) is 71.6 Å². The third-order valence-electron chi connectivity index (χ3n) is 6.35. The van der Waals surface area contributed by atoms with Gasteiger partial charge in [0.1, 0.15) is 5.56 Å². The number of pyridine rings is 1. The van der Waals surface area contributed by atoms with E-state index in [0.717, 1.165) is 19.5 Å². The molecule has 0 radical (unpaired) electrons. The minimum Gasteiger partial charge on any atom is -0.348 e. The van der Waals surface area contributed by atoms with Crippen LogP contribution >= 0.6 is 0 Å². The fraction of sp³-hybridized carbons (Fsp3) is 0.458. The Morgan fingerprint density at radius 2 is 1.93 bits per heavy atom. The molecule has 0 saturated carbocycles. The summed E-state index contributed by atoms with van der Waals surface area (Å²) in [5.74, 6) is -0.425. The van der Waals surface area contributed by atoms with Gasteiger partial charge in [-0.25, -0.2) is 0 Å². The number of carbonyl (C=O) groups is 2. The summed E-state index contributed by atoms with van der Waals surface area (Å²) in [6.45, 7) is 7.80. The van der Waals surface area contributed by atoms with Gasteiger partial charge in [-0.1, -0.05) is 44.2 Å². The van der Waals surface area contributed by atoms with Crippen molar-refractivity contribution in [2.45, 2.75) is 52.1 Å². The second kappa shape index (κ2) is 7.84. The van der Waals surface area contributed by atoms with E-state index in [-0.39, 0.29) is 28.8 Å². The van der Waals surface area contributed by atoms with Crippen LogP contribution in [0.2, 0.25) is 0 Å². The maximum atomic E-state index is 12.8. The highest BCUT2D eigenvalue weighted by molar-refractivity contribution is 6.02. The molecule has 1 amide bonds.